The average Bonchev–Trinajstić information content (AvgIpc) is 2.56. The van der Waals surface area contributed by atoms with E-state index < -0.39 is 6.10 Å². The maximum absolute atomic E-state index is 12.2. The number of carbonyl (C=O) groups is 2. The SMILES string of the molecule is CC(Oc1ccc2c(c1)NC(=O)CO2)C(=O)Nc1ccc(Br)cc1. The quantitative estimate of drug-likeness (QED) is 0.840. The van der Waals surface area contributed by atoms with Crippen LogP contribution in [0.4, 0.5) is 11.4 Å². The number of nitrogens with one attached hydrogen (secondary N) is 2. The summed E-state index contributed by atoms with van der Waals surface area (Å²) in [5, 5.41) is 5.48. The van der Waals surface area contributed by atoms with E-state index in [0.717, 1.165) is 4.47 Å². The summed E-state index contributed by atoms with van der Waals surface area (Å²) in [6.45, 7) is 1.65. The van der Waals surface area contributed by atoms with Gasteiger partial charge in [0.1, 0.15) is 11.5 Å². The van der Waals surface area contributed by atoms with Gasteiger partial charge < -0.3 is 20.1 Å². The Morgan fingerprint density at radius 3 is 2.79 bits per heavy atom. The van der Waals surface area contributed by atoms with Gasteiger partial charge >= 0.3 is 0 Å². The van der Waals surface area contributed by atoms with Crippen molar-refractivity contribution in [3.05, 3.63) is 46.9 Å². The van der Waals surface area contributed by atoms with Gasteiger partial charge in [0.15, 0.2) is 12.7 Å². The van der Waals surface area contributed by atoms with Gasteiger partial charge in [-0.1, -0.05) is 15.9 Å². The zero-order valence-corrected chi connectivity index (χ0v) is 14.4. The third kappa shape index (κ3) is 3.86. The summed E-state index contributed by atoms with van der Waals surface area (Å²) in [4.78, 5) is 23.6. The fourth-order valence-corrected chi connectivity index (χ4v) is 2.43. The van der Waals surface area contributed by atoms with E-state index in [-0.39, 0.29) is 18.4 Å². The number of ether oxygens (including phenoxy) is 2. The van der Waals surface area contributed by atoms with Crippen molar-refractivity contribution >= 4 is 39.1 Å². The highest BCUT2D eigenvalue weighted by atomic mass is 79.9. The molecule has 24 heavy (non-hydrogen) atoms. The molecule has 0 aromatic heterocycles. The molecular formula is C17H15BrN2O4. The molecule has 1 unspecified atom stereocenters. The molecule has 2 aromatic carbocycles. The fourth-order valence-electron chi connectivity index (χ4n) is 2.17. The van der Waals surface area contributed by atoms with E-state index in [2.05, 4.69) is 26.6 Å². The van der Waals surface area contributed by atoms with Gasteiger partial charge in [0.25, 0.3) is 11.8 Å². The van der Waals surface area contributed by atoms with E-state index in [1.54, 1.807) is 37.3 Å². The second kappa shape index (κ2) is 6.92. The minimum atomic E-state index is -0.702. The van der Waals surface area contributed by atoms with E-state index in [0.29, 0.717) is 22.9 Å². The average molecular weight is 391 g/mol. The molecule has 6 nitrogen and oxygen atoms in total. The van der Waals surface area contributed by atoms with Gasteiger partial charge in [0.2, 0.25) is 0 Å². The van der Waals surface area contributed by atoms with Crippen molar-refractivity contribution in [2.75, 3.05) is 17.2 Å². The van der Waals surface area contributed by atoms with Crippen LogP contribution in [0.3, 0.4) is 0 Å². The third-order valence-electron chi connectivity index (χ3n) is 3.38. The molecule has 0 radical (unpaired) electrons. The third-order valence-corrected chi connectivity index (χ3v) is 3.91. The zero-order valence-electron chi connectivity index (χ0n) is 12.8. The lowest BCUT2D eigenvalue weighted by Crippen LogP contribution is -2.30. The summed E-state index contributed by atoms with van der Waals surface area (Å²) in [5.74, 6) is 0.558. The van der Waals surface area contributed by atoms with Gasteiger partial charge in [-0.25, -0.2) is 0 Å². The van der Waals surface area contributed by atoms with Crippen LogP contribution in [0.5, 0.6) is 11.5 Å². The first-order valence-corrected chi connectivity index (χ1v) is 8.10. The van der Waals surface area contributed by atoms with Crippen LogP contribution in [0.2, 0.25) is 0 Å². The molecule has 1 heterocycles. The molecule has 1 aliphatic rings. The molecule has 7 heteroatoms. The van der Waals surface area contributed by atoms with Crippen LogP contribution in [0, 0.1) is 0 Å². The predicted molar refractivity (Wildman–Crippen MR) is 93.4 cm³/mol. The number of rotatable bonds is 4. The Hall–Kier alpha value is -2.54. The summed E-state index contributed by atoms with van der Waals surface area (Å²) in [6, 6.07) is 12.3. The van der Waals surface area contributed by atoms with Crippen molar-refractivity contribution in [2.45, 2.75) is 13.0 Å². The van der Waals surface area contributed by atoms with Crippen molar-refractivity contribution in [1.82, 2.24) is 0 Å². The number of anilines is 2. The number of carbonyl (C=O) groups excluding carboxylic acids is 2. The Morgan fingerprint density at radius 1 is 1.29 bits per heavy atom. The van der Waals surface area contributed by atoms with Crippen LogP contribution in [0.25, 0.3) is 0 Å². The van der Waals surface area contributed by atoms with Crippen LogP contribution < -0.4 is 20.1 Å². The largest absolute Gasteiger partial charge is 0.482 e. The van der Waals surface area contributed by atoms with Gasteiger partial charge in [-0.05, 0) is 43.3 Å². The molecule has 1 atom stereocenters. The molecule has 2 aromatic rings. The molecule has 3 rings (SSSR count). The molecule has 0 aliphatic carbocycles. The Kier molecular flexibility index (Phi) is 4.71. The van der Waals surface area contributed by atoms with Gasteiger partial charge in [-0.3, -0.25) is 9.59 Å². The van der Waals surface area contributed by atoms with Crippen molar-refractivity contribution in [3.63, 3.8) is 0 Å². The van der Waals surface area contributed by atoms with Crippen molar-refractivity contribution in [3.8, 4) is 11.5 Å². The Balaban J connectivity index is 1.64. The second-order valence-corrected chi connectivity index (χ2v) is 6.17. The first-order chi connectivity index (χ1) is 11.5. The number of benzene rings is 2. The second-order valence-electron chi connectivity index (χ2n) is 5.25. The van der Waals surface area contributed by atoms with Gasteiger partial charge in [0, 0.05) is 16.2 Å². The molecule has 1 aliphatic heterocycles. The highest BCUT2D eigenvalue weighted by molar-refractivity contribution is 9.10. The van der Waals surface area contributed by atoms with Gasteiger partial charge in [-0.15, -0.1) is 0 Å². The minimum absolute atomic E-state index is 0.000791. The van der Waals surface area contributed by atoms with E-state index in [1.807, 2.05) is 12.1 Å². The van der Waals surface area contributed by atoms with Gasteiger partial charge in [-0.2, -0.15) is 0 Å². The minimum Gasteiger partial charge on any atom is -0.482 e. The summed E-state index contributed by atoms with van der Waals surface area (Å²) < 4.78 is 11.9. The smallest absolute Gasteiger partial charge is 0.265 e. The maximum Gasteiger partial charge on any atom is 0.265 e. The highest BCUT2D eigenvalue weighted by Crippen LogP contribution is 2.31. The van der Waals surface area contributed by atoms with Gasteiger partial charge in [0.05, 0.1) is 5.69 Å². The summed E-state index contributed by atoms with van der Waals surface area (Å²) in [5.41, 5.74) is 1.22. The number of hydrogen-bond acceptors (Lipinski definition) is 4. The van der Waals surface area contributed by atoms with E-state index in [1.165, 1.54) is 0 Å². The molecule has 2 N–H and O–H groups in total. The highest BCUT2D eigenvalue weighted by Gasteiger charge is 2.19. The molecule has 0 saturated carbocycles. The lowest BCUT2D eigenvalue weighted by atomic mass is 10.2. The van der Waals surface area contributed by atoms with Crippen LogP contribution in [-0.2, 0) is 9.59 Å². The van der Waals surface area contributed by atoms with E-state index in [4.69, 9.17) is 9.47 Å². The molecule has 0 bridgehead atoms. The lowest BCUT2D eigenvalue weighted by molar-refractivity contribution is -0.122. The van der Waals surface area contributed by atoms with E-state index in [9.17, 15) is 9.59 Å². The summed E-state index contributed by atoms with van der Waals surface area (Å²) in [6.07, 6.45) is -0.702. The first kappa shape index (κ1) is 16.3. The van der Waals surface area contributed by atoms with Crippen molar-refractivity contribution in [1.29, 1.82) is 0 Å². The Labute approximate surface area is 147 Å². The fraction of sp³-hybridized carbons (Fsp3) is 0.176. The van der Waals surface area contributed by atoms with E-state index >= 15 is 0 Å². The standard InChI is InChI=1S/C17H15BrN2O4/c1-10(17(22)19-12-4-2-11(18)3-5-12)24-13-6-7-15-14(8-13)20-16(21)9-23-15/h2-8,10H,9H2,1H3,(H,19,22)(H,20,21). The van der Waals surface area contributed by atoms with Crippen LogP contribution >= 0.6 is 15.9 Å². The van der Waals surface area contributed by atoms with Crippen molar-refractivity contribution < 1.29 is 19.1 Å². The number of halogens is 1. The zero-order chi connectivity index (χ0) is 17.1. The van der Waals surface area contributed by atoms with Crippen LogP contribution in [0.15, 0.2) is 46.9 Å². The topological polar surface area (TPSA) is 76.7 Å². The van der Waals surface area contributed by atoms with Crippen LogP contribution in [-0.4, -0.2) is 24.5 Å². The Bertz CT molecular complexity index is 777. The van der Waals surface area contributed by atoms with Crippen LogP contribution in [0.1, 0.15) is 6.92 Å². The molecule has 124 valence electrons. The number of fused-ring (bicyclic) bond motifs is 1. The predicted octanol–water partition coefficient (Wildman–Crippen LogP) is 3.19. The molecule has 0 saturated heterocycles. The molecular weight excluding hydrogens is 376 g/mol. The number of amides is 2. The first-order valence-electron chi connectivity index (χ1n) is 7.31. The lowest BCUT2D eigenvalue weighted by Gasteiger charge is -2.20. The number of hydrogen-bond donors (Lipinski definition) is 2. The molecule has 0 spiro atoms. The summed E-state index contributed by atoms with van der Waals surface area (Å²) >= 11 is 3.34. The monoisotopic (exact) mass is 390 g/mol. The molecule has 0 fully saturated rings. The summed E-state index contributed by atoms with van der Waals surface area (Å²) in [7, 11) is 0. The van der Waals surface area contributed by atoms with Crippen molar-refractivity contribution in [2.24, 2.45) is 0 Å². The maximum atomic E-state index is 12.2. The molecule has 2 amide bonds. The normalized spacial score (nSPS) is 14.0. The Morgan fingerprint density at radius 2 is 2.04 bits per heavy atom.